The van der Waals surface area contributed by atoms with Crippen LogP contribution < -0.4 is 0 Å². The Bertz CT molecular complexity index is 2900. The minimum absolute atomic E-state index is 0.000595. The predicted octanol–water partition coefficient (Wildman–Crippen LogP) is 31.4. The van der Waals surface area contributed by atoms with E-state index in [9.17, 15) is 28.8 Å². The molecule has 1 spiro atoms. The molecule has 0 aliphatic heterocycles. The predicted molar refractivity (Wildman–Crippen MR) is 500 cm³/mol. The van der Waals surface area contributed by atoms with Gasteiger partial charge in [0.2, 0.25) is 0 Å². The molecule has 11 aliphatic rings. The van der Waals surface area contributed by atoms with Gasteiger partial charge in [-0.1, -0.05) is 184 Å². The zero-order valence-corrected chi connectivity index (χ0v) is 86.3. The molecule has 0 amide bonds. The minimum Gasteiger partial charge on any atom is -0.459 e. The zero-order chi connectivity index (χ0) is 92.1. The highest BCUT2D eigenvalue weighted by Gasteiger charge is 2.70. The first kappa shape index (κ1) is 115. The van der Waals surface area contributed by atoms with Crippen molar-refractivity contribution in [3.63, 3.8) is 0 Å². The van der Waals surface area contributed by atoms with Gasteiger partial charge in [0.1, 0.15) is 33.6 Å². The van der Waals surface area contributed by atoms with Gasteiger partial charge in [-0.25, -0.2) is 0 Å². The van der Waals surface area contributed by atoms with Crippen molar-refractivity contribution in [2.45, 2.75) is 536 Å². The summed E-state index contributed by atoms with van der Waals surface area (Å²) in [5.41, 5.74) is -2.67. The molecule has 11 rings (SSSR count). The molecule has 0 saturated heterocycles. The van der Waals surface area contributed by atoms with E-state index in [2.05, 4.69) is 90.0 Å². The van der Waals surface area contributed by atoms with E-state index in [1.807, 2.05) is 194 Å². The van der Waals surface area contributed by atoms with Crippen molar-refractivity contribution in [3.8, 4) is 0 Å². The van der Waals surface area contributed by atoms with Crippen molar-refractivity contribution >= 4 is 35.8 Å². The summed E-state index contributed by atoms with van der Waals surface area (Å²) in [6.45, 7) is 84.3. The highest BCUT2D eigenvalue weighted by Crippen LogP contribution is 2.74. The van der Waals surface area contributed by atoms with Crippen LogP contribution in [0.2, 0.25) is 0 Å². The van der Waals surface area contributed by atoms with Crippen molar-refractivity contribution in [3.05, 3.63) is 0 Å². The molecule has 698 valence electrons. The number of ether oxygens (including phenoxy) is 6. The Hall–Kier alpha value is -3.18. The second-order valence-electron chi connectivity index (χ2n) is 43.2. The Morgan fingerprint density at radius 1 is 0.305 bits per heavy atom. The summed E-state index contributed by atoms with van der Waals surface area (Å²) >= 11 is 0. The monoisotopic (exact) mass is 1670 g/mol. The Labute approximate surface area is 733 Å². The maximum absolute atomic E-state index is 12.7. The molecule has 11 saturated carbocycles. The Balaban J connectivity index is 0.00000137. The van der Waals surface area contributed by atoms with Gasteiger partial charge >= 0.3 is 35.8 Å². The number of esters is 6. The number of fused-ring (bicyclic) bond motifs is 10. The van der Waals surface area contributed by atoms with Crippen molar-refractivity contribution in [2.24, 2.45) is 108 Å². The Kier molecular flexibility index (Phi) is 47.8. The van der Waals surface area contributed by atoms with E-state index in [0.717, 1.165) is 118 Å². The van der Waals surface area contributed by atoms with E-state index in [-0.39, 0.29) is 107 Å². The van der Waals surface area contributed by atoms with Gasteiger partial charge in [-0.2, -0.15) is 0 Å². The standard InChI is InChI=1S/C21H36O2.C19H30O2.C15H28O2.C14H26O2.C13H24O2.C12H22O2.6C2H6/c1-8-18(3,4)17(22)23-20(7)11-12-21-13-16(20)19(5,6)15(21)10-9-14(21)2;1-5-18(2,3)17(20)21-19(4)10-13-9-14(19)16-12-7-6-11(8-12)15(13)16;1-6-14(2,3)13(16)17-15(4,5)12-10-8-7-9-11-12;1-6-13(2,3)12(15)16-14(4,5)11-9-7-8-10-11;1-5-12(2,3)11(14)15-13(4)9-7-6-8-10-13;1-5-11(2,3)10(13)14-12(4)8-6-7-9-12;6*1-2/h14-16H,8-13H2,1-7H3;11-16H,5-10H2,1-4H3;12H,6-11H2,1-5H3;11H,6-10H2,1-5H3;5-10H2,1-4H3;5-9H2,1-4H3;6*1-2H3. The average Bonchev–Trinajstić information content (AvgIpc) is 1.58. The van der Waals surface area contributed by atoms with Gasteiger partial charge in [-0.15, -0.1) is 0 Å². The third kappa shape index (κ3) is 29.7. The van der Waals surface area contributed by atoms with Crippen LogP contribution in [0.4, 0.5) is 0 Å². The van der Waals surface area contributed by atoms with Crippen LogP contribution in [0.5, 0.6) is 0 Å². The molecule has 0 N–H and O–H groups in total. The first-order valence-corrected chi connectivity index (χ1v) is 50.1. The van der Waals surface area contributed by atoms with Crippen LogP contribution >= 0.6 is 0 Å². The highest BCUT2D eigenvalue weighted by molar-refractivity contribution is 5.79. The van der Waals surface area contributed by atoms with E-state index in [4.69, 9.17) is 28.4 Å². The fraction of sp³-hybridized carbons (Fsp3) is 0.943. The lowest BCUT2D eigenvalue weighted by Gasteiger charge is -2.47. The van der Waals surface area contributed by atoms with Crippen LogP contribution in [-0.4, -0.2) is 69.4 Å². The highest BCUT2D eigenvalue weighted by atomic mass is 16.6. The number of hydrogen-bond acceptors (Lipinski definition) is 12. The van der Waals surface area contributed by atoms with E-state index in [1.54, 1.807) is 0 Å². The number of hydrogen-bond donors (Lipinski definition) is 0. The van der Waals surface area contributed by atoms with Crippen molar-refractivity contribution in [1.29, 1.82) is 0 Å². The van der Waals surface area contributed by atoms with E-state index >= 15 is 0 Å². The molecule has 12 heteroatoms. The Morgan fingerprint density at radius 3 is 0.966 bits per heavy atom. The van der Waals surface area contributed by atoms with Crippen LogP contribution in [0.3, 0.4) is 0 Å². The van der Waals surface area contributed by atoms with Crippen LogP contribution in [0, 0.1) is 108 Å². The van der Waals surface area contributed by atoms with Crippen LogP contribution in [-0.2, 0) is 57.2 Å². The molecule has 11 aliphatic carbocycles. The zero-order valence-electron chi connectivity index (χ0n) is 86.3. The molecule has 0 aromatic rings. The fourth-order valence-corrected chi connectivity index (χ4v) is 21.2. The van der Waals surface area contributed by atoms with Gasteiger partial charge in [0.05, 0.1) is 32.5 Å². The molecule has 0 aromatic carbocycles. The van der Waals surface area contributed by atoms with Gasteiger partial charge in [0, 0.05) is 11.8 Å². The van der Waals surface area contributed by atoms with Crippen LogP contribution in [0.25, 0.3) is 0 Å². The Morgan fingerprint density at radius 2 is 0.610 bits per heavy atom. The molecular formula is C106H202O12. The minimum atomic E-state index is -0.371. The summed E-state index contributed by atoms with van der Waals surface area (Å²) < 4.78 is 35.3. The molecule has 11 fully saturated rings. The largest absolute Gasteiger partial charge is 0.459 e. The number of carbonyl (C=O) groups is 6. The van der Waals surface area contributed by atoms with Crippen LogP contribution in [0.1, 0.15) is 502 Å². The quantitative estimate of drug-likeness (QED) is 0.0646. The smallest absolute Gasteiger partial charge is 0.312 e. The lowest BCUT2D eigenvalue weighted by atomic mass is 9.64. The normalized spacial score (nSPS) is 28.5. The van der Waals surface area contributed by atoms with Gasteiger partial charge in [-0.05, 0) is 382 Å². The van der Waals surface area contributed by atoms with Crippen molar-refractivity contribution < 1.29 is 57.2 Å². The fourth-order valence-electron chi connectivity index (χ4n) is 21.2. The summed E-state index contributed by atoms with van der Waals surface area (Å²) in [6, 6.07) is 0. The van der Waals surface area contributed by atoms with E-state index in [0.29, 0.717) is 29.1 Å². The summed E-state index contributed by atoms with van der Waals surface area (Å²) in [7, 11) is 0. The summed E-state index contributed by atoms with van der Waals surface area (Å²) in [5, 5.41) is 0. The van der Waals surface area contributed by atoms with Crippen LogP contribution in [0.15, 0.2) is 0 Å². The molecule has 0 radical (unpaired) electrons. The molecule has 118 heavy (non-hydrogen) atoms. The second-order valence-corrected chi connectivity index (χ2v) is 43.2. The maximum Gasteiger partial charge on any atom is 0.312 e. The maximum atomic E-state index is 12.7. The molecular weight excluding hydrogens is 1470 g/mol. The average molecular weight is 1670 g/mol. The first-order chi connectivity index (χ1) is 54.7. The first-order valence-electron chi connectivity index (χ1n) is 50.1. The molecule has 12 unspecified atom stereocenters. The van der Waals surface area contributed by atoms with Crippen molar-refractivity contribution in [1.82, 2.24) is 0 Å². The number of carbonyl (C=O) groups excluding carboxylic acids is 6. The van der Waals surface area contributed by atoms with Gasteiger partial charge in [0.15, 0.2) is 0 Å². The third-order valence-electron chi connectivity index (χ3n) is 32.0. The van der Waals surface area contributed by atoms with Gasteiger partial charge in [-0.3, -0.25) is 28.8 Å². The lowest BCUT2D eigenvalue weighted by molar-refractivity contribution is -0.184. The second kappa shape index (κ2) is 49.1. The number of rotatable bonds is 20. The molecule has 12 nitrogen and oxygen atoms in total. The van der Waals surface area contributed by atoms with E-state index < -0.39 is 0 Å². The summed E-state index contributed by atoms with van der Waals surface area (Å²) in [6.07, 6.45) is 39.6. The molecule has 6 bridgehead atoms. The third-order valence-corrected chi connectivity index (χ3v) is 32.0. The van der Waals surface area contributed by atoms with Gasteiger partial charge in [0.25, 0.3) is 0 Å². The molecule has 0 aromatic heterocycles. The summed E-state index contributed by atoms with van der Waals surface area (Å²) in [5.74, 6) is 8.43. The van der Waals surface area contributed by atoms with E-state index in [1.165, 1.54) is 141 Å². The SMILES string of the molecule is CC.CC.CC.CC.CC.CC.CCC(C)(C)C(=O)OC(C)(C)C1CCCC1.CCC(C)(C)C(=O)OC(C)(C)C1CCCCC1.CCC(C)(C)C(=O)OC1(C)CC2CC1C1C3CCC(C3)C21.CCC(C)(C)C(=O)OC1(C)CCC23CC1C(C)(C)C2CCC3C.CCC(C)(C)C(=O)OC1(C)CCCC1.CCC(C)(C)C(=O)OC1(C)CCCCC1. The van der Waals surface area contributed by atoms with Crippen molar-refractivity contribution in [2.75, 3.05) is 0 Å². The lowest BCUT2D eigenvalue weighted by Crippen LogP contribution is -2.49. The summed E-state index contributed by atoms with van der Waals surface area (Å²) in [4.78, 5) is 73.3. The molecule has 0 heterocycles. The molecule has 12 atom stereocenters. The topological polar surface area (TPSA) is 158 Å². The van der Waals surface area contributed by atoms with Gasteiger partial charge < -0.3 is 28.4 Å².